The summed E-state index contributed by atoms with van der Waals surface area (Å²) in [5.74, 6) is -0.0107. The Bertz CT molecular complexity index is 429. The van der Waals surface area contributed by atoms with Gasteiger partial charge in [0.25, 0.3) is 0 Å². The van der Waals surface area contributed by atoms with Gasteiger partial charge in [0.2, 0.25) is 0 Å². The molecule has 90 valence electrons. The lowest BCUT2D eigenvalue weighted by Crippen LogP contribution is -2.32. The predicted molar refractivity (Wildman–Crippen MR) is 66.2 cm³/mol. The van der Waals surface area contributed by atoms with Crippen molar-refractivity contribution in [2.24, 2.45) is 0 Å². The zero-order chi connectivity index (χ0) is 11.7. The van der Waals surface area contributed by atoms with Crippen LogP contribution in [0, 0.1) is 0 Å². The monoisotopic (exact) mass is 232 g/mol. The lowest BCUT2D eigenvalue weighted by atomic mass is 9.83. The van der Waals surface area contributed by atoms with Gasteiger partial charge in [-0.25, -0.2) is 4.39 Å². The minimum atomic E-state index is -0.580. The van der Waals surface area contributed by atoms with E-state index in [0.717, 1.165) is 36.8 Å². The van der Waals surface area contributed by atoms with Gasteiger partial charge in [-0.2, -0.15) is 0 Å². The molecule has 1 saturated carbocycles. The Labute approximate surface area is 101 Å². The fourth-order valence-corrected chi connectivity index (χ4v) is 2.95. The van der Waals surface area contributed by atoms with E-state index in [1.807, 2.05) is 30.3 Å². The van der Waals surface area contributed by atoms with E-state index in [1.54, 1.807) is 0 Å². The average molecular weight is 232 g/mol. The van der Waals surface area contributed by atoms with Crippen molar-refractivity contribution in [2.75, 3.05) is 6.61 Å². The molecule has 1 nitrogen and oxygen atoms in total. The Morgan fingerprint density at radius 3 is 2.41 bits per heavy atom. The van der Waals surface area contributed by atoms with Gasteiger partial charge in [-0.05, 0) is 18.4 Å². The molecule has 1 aliphatic heterocycles. The smallest absolute Gasteiger partial charge is 0.138 e. The van der Waals surface area contributed by atoms with Crippen LogP contribution in [0.4, 0.5) is 4.39 Å². The molecule has 0 amide bonds. The van der Waals surface area contributed by atoms with E-state index < -0.39 is 5.60 Å². The molecule has 1 aromatic rings. The highest BCUT2D eigenvalue weighted by atomic mass is 19.1. The minimum absolute atomic E-state index is 0.0107. The van der Waals surface area contributed by atoms with Crippen molar-refractivity contribution < 1.29 is 9.13 Å². The first kappa shape index (κ1) is 11.0. The van der Waals surface area contributed by atoms with E-state index in [4.69, 9.17) is 4.74 Å². The molecule has 0 saturated heterocycles. The maximum absolute atomic E-state index is 14.6. The van der Waals surface area contributed by atoms with Crippen LogP contribution in [-0.2, 0) is 4.74 Å². The Kier molecular flexibility index (Phi) is 2.75. The Hall–Kier alpha value is -1.15. The molecule has 0 atom stereocenters. The second-order valence-corrected chi connectivity index (χ2v) is 5.00. The number of ether oxygens (including phenoxy) is 1. The van der Waals surface area contributed by atoms with Gasteiger partial charge in [0.05, 0.1) is 6.61 Å². The van der Waals surface area contributed by atoms with Crippen molar-refractivity contribution in [3.8, 4) is 0 Å². The highest BCUT2D eigenvalue weighted by Crippen LogP contribution is 2.46. The molecule has 0 aromatic heterocycles. The first-order valence-corrected chi connectivity index (χ1v) is 6.40. The van der Waals surface area contributed by atoms with Gasteiger partial charge in [-0.1, -0.05) is 49.6 Å². The molecule has 17 heavy (non-hydrogen) atoms. The fraction of sp³-hybridized carbons (Fsp3) is 0.467. The lowest BCUT2D eigenvalue weighted by Gasteiger charge is -2.31. The van der Waals surface area contributed by atoms with Crippen LogP contribution in [0.25, 0.3) is 5.57 Å². The molecule has 2 heteroatoms. The maximum Gasteiger partial charge on any atom is 0.138 e. The van der Waals surface area contributed by atoms with Gasteiger partial charge < -0.3 is 4.74 Å². The zero-order valence-corrected chi connectivity index (χ0v) is 9.92. The minimum Gasteiger partial charge on any atom is -0.363 e. The molecular weight excluding hydrogens is 215 g/mol. The summed E-state index contributed by atoms with van der Waals surface area (Å²) in [6.07, 6.45) is 5.05. The molecule has 0 unspecified atom stereocenters. The van der Waals surface area contributed by atoms with Crippen LogP contribution in [0.15, 0.2) is 36.2 Å². The van der Waals surface area contributed by atoms with Crippen LogP contribution in [-0.4, -0.2) is 12.2 Å². The number of rotatable bonds is 1. The summed E-state index contributed by atoms with van der Waals surface area (Å²) in [4.78, 5) is 0. The van der Waals surface area contributed by atoms with Crippen LogP contribution in [0.1, 0.15) is 37.7 Å². The van der Waals surface area contributed by atoms with Crippen molar-refractivity contribution in [3.63, 3.8) is 0 Å². The first-order valence-electron chi connectivity index (χ1n) is 6.40. The highest BCUT2D eigenvalue weighted by molar-refractivity contribution is 5.71. The standard InChI is InChI=1S/C15H17FO/c16-14-13(12-7-3-1-4-8-12)11-17-15(14)9-5-2-6-10-15/h1,3-4,7-8H,2,5-6,9-11H2. The SMILES string of the molecule is FC1=C(c2ccccc2)COC12CCCCC2. The molecule has 1 fully saturated rings. The number of benzene rings is 1. The number of hydrogen-bond acceptors (Lipinski definition) is 1. The van der Waals surface area contributed by atoms with Crippen molar-refractivity contribution in [1.29, 1.82) is 0 Å². The van der Waals surface area contributed by atoms with E-state index >= 15 is 0 Å². The topological polar surface area (TPSA) is 9.23 Å². The van der Waals surface area contributed by atoms with Gasteiger partial charge in [-0.3, -0.25) is 0 Å². The third kappa shape index (κ3) is 1.81. The van der Waals surface area contributed by atoms with E-state index in [0.29, 0.717) is 6.61 Å². The molecule has 3 rings (SSSR count). The summed E-state index contributed by atoms with van der Waals surface area (Å²) in [7, 11) is 0. The molecule has 2 aliphatic rings. The summed E-state index contributed by atoms with van der Waals surface area (Å²) < 4.78 is 20.4. The summed E-state index contributed by atoms with van der Waals surface area (Å²) in [5.41, 5.74) is 1.14. The van der Waals surface area contributed by atoms with E-state index in [-0.39, 0.29) is 5.83 Å². The third-order valence-electron chi connectivity index (χ3n) is 3.94. The Morgan fingerprint density at radius 2 is 1.71 bits per heavy atom. The third-order valence-corrected chi connectivity index (χ3v) is 3.94. The largest absolute Gasteiger partial charge is 0.363 e. The zero-order valence-electron chi connectivity index (χ0n) is 9.92. The maximum atomic E-state index is 14.6. The van der Waals surface area contributed by atoms with Crippen LogP contribution in [0.3, 0.4) is 0 Å². The number of halogens is 1. The molecule has 0 bridgehead atoms. The Morgan fingerprint density at radius 1 is 1.00 bits per heavy atom. The fourth-order valence-electron chi connectivity index (χ4n) is 2.95. The van der Waals surface area contributed by atoms with E-state index in [9.17, 15) is 4.39 Å². The summed E-state index contributed by atoms with van der Waals surface area (Å²) in [5, 5.41) is 0. The van der Waals surface area contributed by atoms with E-state index in [1.165, 1.54) is 6.42 Å². The van der Waals surface area contributed by atoms with Crippen LogP contribution in [0.5, 0.6) is 0 Å². The quantitative estimate of drug-likeness (QED) is 0.708. The molecule has 1 aromatic carbocycles. The molecule has 0 N–H and O–H groups in total. The molecular formula is C15H17FO. The molecule has 1 heterocycles. The van der Waals surface area contributed by atoms with Crippen molar-refractivity contribution >= 4 is 5.57 Å². The van der Waals surface area contributed by atoms with Gasteiger partial charge in [0.1, 0.15) is 11.4 Å². The average Bonchev–Trinajstić information content (AvgIpc) is 2.70. The molecule has 1 spiro atoms. The van der Waals surface area contributed by atoms with Crippen molar-refractivity contribution in [2.45, 2.75) is 37.7 Å². The predicted octanol–water partition coefficient (Wildman–Crippen LogP) is 4.10. The van der Waals surface area contributed by atoms with Crippen molar-refractivity contribution in [1.82, 2.24) is 0 Å². The summed E-state index contributed by atoms with van der Waals surface area (Å²) in [6.45, 7) is 0.426. The van der Waals surface area contributed by atoms with Crippen LogP contribution < -0.4 is 0 Å². The molecule has 1 aliphatic carbocycles. The highest BCUT2D eigenvalue weighted by Gasteiger charge is 2.43. The van der Waals surface area contributed by atoms with Gasteiger partial charge >= 0.3 is 0 Å². The normalized spacial score (nSPS) is 23.4. The Balaban J connectivity index is 1.96. The van der Waals surface area contributed by atoms with Crippen LogP contribution >= 0.6 is 0 Å². The van der Waals surface area contributed by atoms with Gasteiger partial charge in [0.15, 0.2) is 0 Å². The van der Waals surface area contributed by atoms with Crippen LogP contribution in [0.2, 0.25) is 0 Å². The summed E-state index contributed by atoms with van der Waals surface area (Å²) >= 11 is 0. The van der Waals surface area contributed by atoms with Gasteiger partial charge in [-0.15, -0.1) is 0 Å². The molecule has 0 radical (unpaired) electrons. The second-order valence-electron chi connectivity index (χ2n) is 5.00. The van der Waals surface area contributed by atoms with Crippen molar-refractivity contribution in [3.05, 3.63) is 41.7 Å². The van der Waals surface area contributed by atoms with E-state index in [2.05, 4.69) is 0 Å². The lowest BCUT2D eigenvalue weighted by molar-refractivity contribution is -0.0221. The van der Waals surface area contributed by atoms with Gasteiger partial charge in [0, 0.05) is 5.57 Å². The number of hydrogen-bond donors (Lipinski definition) is 0. The first-order chi connectivity index (χ1) is 8.32. The second kappa shape index (κ2) is 4.26. The summed E-state index contributed by atoms with van der Waals surface area (Å²) in [6, 6.07) is 9.76.